The van der Waals surface area contributed by atoms with E-state index in [4.69, 9.17) is 14.3 Å². The number of aryl methyl sites for hydroxylation is 1. The lowest BCUT2D eigenvalue weighted by molar-refractivity contribution is -0.0757. The zero-order valence-corrected chi connectivity index (χ0v) is 21.7. The molecule has 0 unspecified atom stereocenters. The second-order valence-electron chi connectivity index (χ2n) is 9.72. The van der Waals surface area contributed by atoms with Gasteiger partial charge in [-0.25, -0.2) is 9.86 Å². The van der Waals surface area contributed by atoms with Crippen LogP contribution in [0.4, 0.5) is 10.6 Å². The number of carbonyl (C=O) groups is 2. The van der Waals surface area contributed by atoms with Crippen LogP contribution in [0.1, 0.15) is 49.2 Å². The number of pyridine rings is 1. The fourth-order valence-corrected chi connectivity index (χ4v) is 3.83. The van der Waals surface area contributed by atoms with Crippen molar-refractivity contribution in [3.63, 3.8) is 0 Å². The number of carbonyl (C=O) groups excluding carboxylic acids is 2. The van der Waals surface area contributed by atoms with Gasteiger partial charge in [0.1, 0.15) is 18.0 Å². The van der Waals surface area contributed by atoms with Crippen LogP contribution in [0.3, 0.4) is 0 Å². The summed E-state index contributed by atoms with van der Waals surface area (Å²) in [6, 6.07) is 11.1. The average Bonchev–Trinajstić information content (AvgIpc) is 2.81. The minimum absolute atomic E-state index is 0.00833. The highest BCUT2D eigenvalue weighted by Crippen LogP contribution is 2.22. The van der Waals surface area contributed by atoms with E-state index in [-0.39, 0.29) is 18.0 Å². The van der Waals surface area contributed by atoms with Crippen molar-refractivity contribution in [3.8, 4) is 5.88 Å². The second-order valence-corrected chi connectivity index (χ2v) is 9.72. The molecule has 1 saturated heterocycles. The number of piperazine rings is 1. The van der Waals surface area contributed by atoms with Crippen LogP contribution in [0.25, 0.3) is 0 Å². The van der Waals surface area contributed by atoms with E-state index in [0.29, 0.717) is 37.7 Å². The minimum atomic E-state index is -0.518. The Morgan fingerprint density at radius 2 is 1.91 bits per heavy atom. The van der Waals surface area contributed by atoms with Crippen LogP contribution >= 0.6 is 0 Å². The fourth-order valence-electron chi connectivity index (χ4n) is 3.83. The molecule has 2 amide bonds. The summed E-state index contributed by atoms with van der Waals surface area (Å²) in [5.74, 6) is 1.11. The Labute approximate surface area is 207 Å². The number of rotatable bonds is 6. The van der Waals surface area contributed by atoms with E-state index >= 15 is 0 Å². The number of ether oxygens (including phenoxy) is 2. The first-order valence-corrected chi connectivity index (χ1v) is 11.7. The summed E-state index contributed by atoms with van der Waals surface area (Å²) < 4.78 is 11.5. The summed E-state index contributed by atoms with van der Waals surface area (Å²) in [5.41, 5.74) is 1.95. The first-order valence-electron chi connectivity index (χ1n) is 11.7. The Balaban J connectivity index is 1.61. The minimum Gasteiger partial charge on any atom is -0.473 e. The molecule has 3 rings (SSSR count). The summed E-state index contributed by atoms with van der Waals surface area (Å²) >= 11 is 0. The third-order valence-electron chi connectivity index (χ3n) is 5.81. The molecular weight excluding hydrogens is 448 g/mol. The predicted molar refractivity (Wildman–Crippen MR) is 133 cm³/mol. The molecular formula is C26H36N4O5. The standard InChI is InChI=1S/C26H36N4O5/c1-18-15-20(24(31)28(6)33-7)11-12-21(18)17-34-23-10-8-9-22(27-23)29-13-14-30(19(2)16-29)25(32)35-26(3,4)5/h8-12,15,19H,13-14,16-17H2,1-7H3/t19-/m0/s1. The van der Waals surface area contributed by atoms with Gasteiger partial charge in [-0.15, -0.1) is 0 Å². The van der Waals surface area contributed by atoms with E-state index in [9.17, 15) is 9.59 Å². The zero-order valence-electron chi connectivity index (χ0n) is 21.7. The van der Waals surface area contributed by atoms with E-state index in [2.05, 4.69) is 9.88 Å². The molecule has 2 heterocycles. The molecule has 2 aromatic rings. The smallest absolute Gasteiger partial charge is 0.410 e. The lowest BCUT2D eigenvalue weighted by Crippen LogP contribution is -2.55. The number of benzene rings is 1. The highest BCUT2D eigenvalue weighted by Gasteiger charge is 2.31. The van der Waals surface area contributed by atoms with Crippen LogP contribution < -0.4 is 9.64 Å². The van der Waals surface area contributed by atoms with Gasteiger partial charge >= 0.3 is 6.09 Å². The van der Waals surface area contributed by atoms with Crippen molar-refractivity contribution in [3.05, 3.63) is 53.1 Å². The molecule has 1 aromatic carbocycles. The summed E-state index contributed by atoms with van der Waals surface area (Å²) in [5, 5.41) is 1.19. The van der Waals surface area contributed by atoms with Gasteiger partial charge in [-0.05, 0) is 63.9 Å². The maximum absolute atomic E-state index is 12.5. The van der Waals surface area contributed by atoms with Gasteiger partial charge in [0.2, 0.25) is 5.88 Å². The van der Waals surface area contributed by atoms with Crippen LogP contribution in [-0.4, -0.2) is 72.4 Å². The SMILES string of the molecule is CON(C)C(=O)c1ccc(COc2cccc(N3CCN(C(=O)OC(C)(C)C)[C@@H](C)C3)n2)c(C)c1. The Morgan fingerprint density at radius 3 is 2.54 bits per heavy atom. The summed E-state index contributed by atoms with van der Waals surface area (Å²) in [6.07, 6.45) is -0.286. The van der Waals surface area contributed by atoms with Gasteiger partial charge in [0.15, 0.2) is 0 Å². The molecule has 1 aliphatic rings. The number of hydroxylamine groups is 2. The molecule has 0 N–H and O–H groups in total. The van der Waals surface area contributed by atoms with Crippen molar-refractivity contribution in [1.82, 2.24) is 14.9 Å². The molecule has 1 atom stereocenters. The van der Waals surface area contributed by atoms with Gasteiger partial charge in [-0.1, -0.05) is 12.1 Å². The van der Waals surface area contributed by atoms with Crippen molar-refractivity contribution in [2.75, 3.05) is 38.7 Å². The number of hydrogen-bond donors (Lipinski definition) is 0. The molecule has 0 radical (unpaired) electrons. The largest absolute Gasteiger partial charge is 0.473 e. The number of aromatic nitrogens is 1. The molecule has 190 valence electrons. The highest BCUT2D eigenvalue weighted by atomic mass is 16.7. The van der Waals surface area contributed by atoms with Gasteiger partial charge in [0.25, 0.3) is 5.91 Å². The highest BCUT2D eigenvalue weighted by molar-refractivity contribution is 5.93. The molecule has 1 aromatic heterocycles. The van der Waals surface area contributed by atoms with Crippen LogP contribution in [0.5, 0.6) is 5.88 Å². The Hall–Kier alpha value is -3.33. The number of amides is 2. The third-order valence-corrected chi connectivity index (χ3v) is 5.81. The van der Waals surface area contributed by atoms with Crippen LogP contribution in [0.2, 0.25) is 0 Å². The quantitative estimate of drug-likeness (QED) is 0.572. The van der Waals surface area contributed by atoms with Crippen molar-refractivity contribution < 1.29 is 23.9 Å². The topological polar surface area (TPSA) is 84.4 Å². The van der Waals surface area contributed by atoms with E-state index in [1.807, 2.05) is 65.0 Å². The van der Waals surface area contributed by atoms with E-state index in [1.54, 1.807) is 18.0 Å². The Morgan fingerprint density at radius 1 is 1.17 bits per heavy atom. The van der Waals surface area contributed by atoms with E-state index in [1.165, 1.54) is 12.2 Å². The van der Waals surface area contributed by atoms with Crippen molar-refractivity contribution in [2.45, 2.75) is 52.9 Å². The van der Waals surface area contributed by atoms with E-state index in [0.717, 1.165) is 16.9 Å². The van der Waals surface area contributed by atoms with Crippen molar-refractivity contribution in [2.24, 2.45) is 0 Å². The predicted octanol–water partition coefficient (Wildman–Crippen LogP) is 4.05. The van der Waals surface area contributed by atoms with Gasteiger partial charge in [0, 0.05) is 44.4 Å². The molecule has 0 bridgehead atoms. The summed E-state index contributed by atoms with van der Waals surface area (Å²) in [6.45, 7) is 11.8. The summed E-state index contributed by atoms with van der Waals surface area (Å²) in [4.78, 5) is 38.3. The van der Waals surface area contributed by atoms with Crippen molar-refractivity contribution >= 4 is 17.8 Å². The zero-order chi connectivity index (χ0) is 25.8. The molecule has 9 heteroatoms. The second kappa shape index (κ2) is 10.9. The lowest BCUT2D eigenvalue weighted by Gasteiger charge is -2.40. The molecule has 0 spiro atoms. The van der Waals surface area contributed by atoms with Gasteiger partial charge in [-0.2, -0.15) is 4.98 Å². The molecule has 1 fully saturated rings. The molecule has 9 nitrogen and oxygen atoms in total. The Kier molecular flexibility index (Phi) is 8.22. The Bertz CT molecular complexity index is 1050. The normalized spacial score (nSPS) is 16.1. The molecule has 0 aliphatic carbocycles. The summed E-state index contributed by atoms with van der Waals surface area (Å²) in [7, 11) is 3.03. The molecule has 0 saturated carbocycles. The third kappa shape index (κ3) is 6.85. The average molecular weight is 485 g/mol. The van der Waals surface area contributed by atoms with Gasteiger partial charge in [0.05, 0.1) is 7.11 Å². The number of nitrogens with zero attached hydrogens (tertiary/aromatic N) is 4. The monoisotopic (exact) mass is 484 g/mol. The van der Waals surface area contributed by atoms with Gasteiger partial charge in [-0.3, -0.25) is 9.63 Å². The van der Waals surface area contributed by atoms with Crippen LogP contribution in [0.15, 0.2) is 36.4 Å². The number of hydrogen-bond acceptors (Lipinski definition) is 7. The van der Waals surface area contributed by atoms with Crippen LogP contribution in [0, 0.1) is 6.92 Å². The van der Waals surface area contributed by atoms with Crippen molar-refractivity contribution in [1.29, 1.82) is 0 Å². The first kappa shape index (κ1) is 26.3. The molecule has 1 aliphatic heterocycles. The first-order chi connectivity index (χ1) is 16.5. The maximum atomic E-state index is 12.5. The fraction of sp³-hybridized carbons (Fsp3) is 0.500. The van der Waals surface area contributed by atoms with Gasteiger partial charge < -0.3 is 19.3 Å². The van der Waals surface area contributed by atoms with E-state index < -0.39 is 5.60 Å². The van der Waals surface area contributed by atoms with Crippen LogP contribution in [-0.2, 0) is 16.2 Å². The number of anilines is 1. The molecule has 35 heavy (non-hydrogen) atoms. The lowest BCUT2D eigenvalue weighted by atomic mass is 10.1. The maximum Gasteiger partial charge on any atom is 0.410 e.